The number of amides is 1. The van der Waals surface area contributed by atoms with Crippen molar-refractivity contribution in [3.8, 4) is 0 Å². The van der Waals surface area contributed by atoms with E-state index >= 15 is 0 Å². The normalized spacial score (nSPS) is 18.6. The van der Waals surface area contributed by atoms with Gasteiger partial charge in [0.1, 0.15) is 0 Å². The Morgan fingerprint density at radius 1 is 1.32 bits per heavy atom. The summed E-state index contributed by atoms with van der Waals surface area (Å²) >= 11 is 1.90. The van der Waals surface area contributed by atoms with Crippen LogP contribution in [-0.2, 0) is 17.8 Å². The lowest BCUT2D eigenvalue weighted by Crippen LogP contribution is -2.52. The van der Waals surface area contributed by atoms with Crippen LogP contribution in [-0.4, -0.2) is 47.9 Å². The second-order valence-electron chi connectivity index (χ2n) is 5.11. The van der Waals surface area contributed by atoms with E-state index < -0.39 is 0 Å². The average Bonchev–Trinajstić information content (AvgIpc) is 2.86. The molecule has 0 aliphatic carbocycles. The minimum Gasteiger partial charge on any atom is -0.339 e. The Morgan fingerprint density at radius 3 is 2.47 bits per heavy atom. The minimum absolute atomic E-state index is 0.0732. The Morgan fingerprint density at radius 2 is 1.95 bits per heavy atom. The number of carbonyl (C=O) groups is 1. The summed E-state index contributed by atoms with van der Waals surface area (Å²) < 4.78 is 0. The Hall–Kier alpha value is -0.910. The Bertz CT molecular complexity index is 422. The summed E-state index contributed by atoms with van der Waals surface area (Å²) in [4.78, 5) is 18.9. The van der Waals surface area contributed by atoms with Crippen molar-refractivity contribution in [2.45, 2.75) is 32.9 Å². The molecule has 1 fully saturated rings. The first kappa shape index (κ1) is 14.5. The van der Waals surface area contributed by atoms with Crippen molar-refractivity contribution in [1.29, 1.82) is 0 Å². The van der Waals surface area contributed by atoms with Crippen molar-refractivity contribution < 1.29 is 4.79 Å². The van der Waals surface area contributed by atoms with E-state index in [0.717, 1.165) is 39.1 Å². The molecule has 2 N–H and O–H groups in total. The summed E-state index contributed by atoms with van der Waals surface area (Å²) in [5, 5.41) is 0. The number of piperazine rings is 1. The molecular weight excluding hydrogens is 258 g/mol. The lowest BCUT2D eigenvalue weighted by atomic mass is 10.2. The standard InChI is InChI=1S/C14H23N3OS/c1-3-12-4-5-13(19-12)10-16-6-8-17(9-7-16)14(18)11(2)15/h4-5,11H,3,6-10,15H2,1-2H3/t11-/m0/s1. The van der Waals surface area contributed by atoms with E-state index in [1.54, 1.807) is 6.92 Å². The monoisotopic (exact) mass is 281 g/mol. The third kappa shape index (κ3) is 3.78. The molecule has 2 heterocycles. The first-order valence-corrected chi connectivity index (χ1v) is 7.76. The Kier molecular flexibility index (Phi) is 4.96. The van der Waals surface area contributed by atoms with Crippen LogP contribution in [0.25, 0.3) is 0 Å². The summed E-state index contributed by atoms with van der Waals surface area (Å²) in [6.45, 7) is 8.43. The molecule has 0 bridgehead atoms. The highest BCUT2D eigenvalue weighted by Gasteiger charge is 2.23. The topological polar surface area (TPSA) is 49.6 Å². The molecule has 1 aliphatic rings. The third-order valence-corrected chi connectivity index (χ3v) is 4.73. The van der Waals surface area contributed by atoms with Crippen LogP contribution in [0.3, 0.4) is 0 Å². The SMILES string of the molecule is CCc1ccc(CN2CCN(C(=O)[C@H](C)N)CC2)s1. The number of aryl methyl sites for hydroxylation is 1. The molecule has 1 aliphatic heterocycles. The van der Waals surface area contributed by atoms with E-state index in [9.17, 15) is 4.79 Å². The van der Waals surface area contributed by atoms with E-state index in [-0.39, 0.29) is 11.9 Å². The largest absolute Gasteiger partial charge is 0.339 e. The number of hydrogen-bond donors (Lipinski definition) is 1. The fourth-order valence-electron chi connectivity index (χ4n) is 2.33. The fourth-order valence-corrected chi connectivity index (χ4v) is 3.33. The minimum atomic E-state index is -0.379. The summed E-state index contributed by atoms with van der Waals surface area (Å²) in [5.74, 6) is 0.0732. The van der Waals surface area contributed by atoms with Crippen LogP contribution in [0.5, 0.6) is 0 Å². The van der Waals surface area contributed by atoms with E-state index in [1.807, 2.05) is 16.2 Å². The van der Waals surface area contributed by atoms with Gasteiger partial charge in [-0.1, -0.05) is 6.92 Å². The number of thiophene rings is 1. The smallest absolute Gasteiger partial charge is 0.239 e. The van der Waals surface area contributed by atoms with Crippen molar-refractivity contribution in [1.82, 2.24) is 9.80 Å². The summed E-state index contributed by atoms with van der Waals surface area (Å²) in [6.07, 6.45) is 1.11. The molecule has 19 heavy (non-hydrogen) atoms. The first-order valence-electron chi connectivity index (χ1n) is 6.94. The van der Waals surface area contributed by atoms with E-state index in [2.05, 4.69) is 24.0 Å². The fraction of sp³-hybridized carbons (Fsp3) is 0.643. The van der Waals surface area contributed by atoms with Crippen LogP contribution >= 0.6 is 11.3 Å². The van der Waals surface area contributed by atoms with Crippen LogP contribution in [0.1, 0.15) is 23.6 Å². The highest BCUT2D eigenvalue weighted by atomic mass is 32.1. The lowest BCUT2D eigenvalue weighted by molar-refractivity contribution is -0.134. The van der Waals surface area contributed by atoms with Gasteiger partial charge in [0.2, 0.25) is 5.91 Å². The van der Waals surface area contributed by atoms with Crippen LogP contribution < -0.4 is 5.73 Å². The number of nitrogens with zero attached hydrogens (tertiary/aromatic N) is 2. The Labute approximate surface area is 119 Å². The molecule has 1 aromatic heterocycles. The Balaban J connectivity index is 1.81. The van der Waals surface area contributed by atoms with Gasteiger partial charge in [-0.3, -0.25) is 9.69 Å². The van der Waals surface area contributed by atoms with Crippen LogP contribution in [0, 0.1) is 0 Å². The number of carbonyl (C=O) groups excluding carboxylic acids is 1. The molecule has 5 heteroatoms. The quantitative estimate of drug-likeness (QED) is 0.905. The van der Waals surface area contributed by atoms with Gasteiger partial charge in [-0.2, -0.15) is 0 Å². The van der Waals surface area contributed by atoms with E-state index in [1.165, 1.54) is 9.75 Å². The maximum absolute atomic E-state index is 11.8. The van der Waals surface area contributed by atoms with Gasteiger partial charge >= 0.3 is 0 Å². The highest BCUT2D eigenvalue weighted by molar-refractivity contribution is 7.11. The maximum Gasteiger partial charge on any atom is 0.239 e. The predicted octanol–water partition coefficient (Wildman–Crippen LogP) is 1.30. The summed E-state index contributed by atoms with van der Waals surface area (Å²) in [5.41, 5.74) is 5.64. The summed E-state index contributed by atoms with van der Waals surface area (Å²) in [7, 11) is 0. The first-order chi connectivity index (χ1) is 9.10. The highest BCUT2D eigenvalue weighted by Crippen LogP contribution is 2.19. The average molecular weight is 281 g/mol. The molecule has 106 valence electrons. The predicted molar refractivity (Wildman–Crippen MR) is 79.2 cm³/mol. The van der Waals surface area contributed by atoms with Crippen molar-refractivity contribution in [2.24, 2.45) is 5.73 Å². The number of nitrogens with two attached hydrogens (primary N) is 1. The van der Waals surface area contributed by atoms with E-state index in [0.29, 0.717) is 0 Å². The molecule has 1 saturated heterocycles. The molecule has 0 unspecified atom stereocenters. The molecule has 4 nitrogen and oxygen atoms in total. The molecule has 0 spiro atoms. The zero-order valence-corrected chi connectivity index (χ0v) is 12.6. The summed E-state index contributed by atoms with van der Waals surface area (Å²) in [6, 6.07) is 4.06. The van der Waals surface area contributed by atoms with Gasteiger partial charge in [0.25, 0.3) is 0 Å². The molecule has 0 aromatic carbocycles. The lowest BCUT2D eigenvalue weighted by Gasteiger charge is -2.35. The van der Waals surface area contributed by atoms with Gasteiger partial charge in [0.15, 0.2) is 0 Å². The zero-order chi connectivity index (χ0) is 13.8. The second kappa shape index (κ2) is 6.50. The van der Waals surface area contributed by atoms with E-state index in [4.69, 9.17) is 5.73 Å². The molecule has 0 radical (unpaired) electrons. The molecule has 1 atom stereocenters. The van der Waals surface area contributed by atoms with Crippen molar-refractivity contribution >= 4 is 17.2 Å². The maximum atomic E-state index is 11.8. The van der Waals surface area contributed by atoms with Crippen molar-refractivity contribution in [2.75, 3.05) is 26.2 Å². The van der Waals surface area contributed by atoms with Gasteiger partial charge < -0.3 is 10.6 Å². The van der Waals surface area contributed by atoms with Crippen molar-refractivity contribution in [3.05, 3.63) is 21.9 Å². The molecule has 1 aromatic rings. The van der Waals surface area contributed by atoms with Gasteiger partial charge in [0, 0.05) is 42.5 Å². The van der Waals surface area contributed by atoms with Gasteiger partial charge in [-0.15, -0.1) is 11.3 Å². The zero-order valence-electron chi connectivity index (χ0n) is 11.8. The van der Waals surface area contributed by atoms with Crippen LogP contribution in [0.15, 0.2) is 12.1 Å². The van der Waals surface area contributed by atoms with Crippen LogP contribution in [0.2, 0.25) is 0 Å². The van der Waals surface area contributed by atoms with Gasteiger partial charge in [-0.25, -0.2) is 0 Å². The second-order valence-corrected chi connectivity index (χ2v) is 6.36. The molecule has 2 rings (SSSR count). The molecule has 0 saturated carbocycles. The third-order valence-electron chi connectivity index (χ3n) is 3.52. The van der Waals surface area contributed by atoms with Crippen molar-refractivity contribution in [3.63, 3.8) is 0 Å². The number of rotatable bonds is 4. The molecular formula is C14H23N3OS. The van der Waals surface area contributed by atoms with Gasteiger partial charge in [0.05, 0.1) is 6.04 Å². The number of hydrogen-bond acceptors (Lipinski definition) is 4. The van der Waals surface area contributed by atoms with Crippen LogP contribution in [0.4, 0.5) is 0 Å². The van der Waals surface area contributed by atoms with Gasteiger partial charge in [-0.05, 0) is 25.5 Å². The molecule has 1 amide bonds.